The zero-order valence-electron chi connectivity index (χ0n) is 8.03. The zero-order chi connectivity index (χ0) is 10.1. The second-order valence-corrected chi connectivity index (χ2v) is 5.46. The molecule has 1 aliphatic carbocycles. The fourth-order valence-corrected chi connectivity index (χ4v) is 3.16. The third kappa shape index (κ3) is 2.65. The minimum Gasteiger partial charge on any atom is -0.317 e. The molecule has 0 heterocycles. The normalized spacial score (nSPS) is 36.1. The van der Waals surface area contributed by atoms with E-state index in [-0.39, 0.29) is 12.0 Å². The van der Waals surface area contributed by atoms with Crippen molar-refractivity contribution in [1.82, 2.24) is 5.32 Å². The van der Waals surface area contributed by atoms with Crippen LogP contribution in [0, 0.1) is 5.92 Å². The fraction of sp³-hybridized carbons (Fsp3) is 1.00. The Balaban J connectivity index is 2.71. The van der Waals surface area contributed by atoms with Crippen molar-refractivity contribution in [3.05, 3.63) is 0 Å². The van der Waals surface area contributed by atoms with Gasteiger partial charge in [-0.3, -0.25) is 4.55 Å². The number of rotatable bonds is 2. The molecule has 2 N–H and O–H groups in total. The van der Waals surface area contributed by atoms with Crippen LogP contribution in [0.5, 0.6) is 0 Å². The molecule has 5 heteroatoms. The van der Waals surface area contributed by atoms with Gasteiger partial charge >= 0.3 is 0 Å². The van der Waals surface area contributed by atoms with Gasteiger partial charge in [-0.15, -0.1) is 0 Å². The third-order valence-electron chi connectivity index (χ3n) is 2.91. The summed E-state index contributed by atoms with van der Waals surface area (Å²) in [6, 6.07) is 0.225. The van der Waals surface area contributed by atoms with Gasteiger partial charge in [-0.25, -0.2) is 0 Å². The van der Waals surface area contributed by atoms with Crippen molar-refractivity contribution in [2.75, 3.05) is 7.05 Å². The lowest BCUT2D eigenvalue weighted by Gasteiger charge is -2.31. The number of hydrogen-bond donors (Lipinski definition) is 2. The molecule has 0 aliphatic heterocycles. The lowest BCUT2D eigenvalue weighted by Crippen LogP contribution is -2.41. The molecule has 78 valence electrons. The summed E-state index contributed by atoms with van der Waals surface area (Å²) in [6.45, 7) is 1.88. The monoisotopic (exact) mass is 207 g/mol. The van der Waals surface area contributed by atoms with Crippen molar-refractivity contribution in [3.63, 3.8) is 0 Å². The van der Waals surface area contributed by atoms with Gasteiger partial charge in [-0.05, 0) is 32.2 Å². The smallest absolute Gasteiger partial charge is 0.268 e. The van der Waals surface area contributed by atoms with Crippen LogP contribution in [0.2, 0.25) is 0 Å². The van der Waals surface area contributed by atoms with E-state index in [0.29, 0.717) is 6.42 Å². The fourth-order valence-electron chi connectivity index (χ4n) is 1.96. The topological polar surface area (TPSA) is 66.4 Å². The van der Waals surface area contributed by atoms with Crippen LogP contribution in [0.3, 0.4) is 0 Å². The molecule has 0 saturated heterocycles. The van der Waals surface area contributed by atoms with E-state index in [0.717, 1.165) is 12.8 Å². The molecule has 3 atom stereocenters. The Bertz CT molecular complexity index is 263. The SMILES string of the molecule is CNC1CCC(C)C(S(=O)(=O)O)C1. The molecule has 3 unspecified atom stereocenters. The average Bonchev–Trinajstić information content (AvgIpc) is 2.03. The summed E-state index contributed by atoms with van der Waals surface area (Å²) in [5, 5.41) is 2.47. The Morgan fingerprint density at radius 1 is 1.38 bits per heavy atom. The van der Waals surface area contributed by atoms with Crippen LogP contribution in [0.15, 0.2) is 0 Å². The maximum absolute atomic E-state index is 11.0. The van der Waals surface area contributed by atoms with E-state index < -0.39 is 15.4 Å². The lowest BCUT2D eigenvalue weighted by atomic mass is 9.87. The van der Waals surface area contributed by atoms with Crippen LogP contribution in [0.4, 0.5) is 0 Å². The van der Waals surface area contributed by atoms with Gasteiger partial charge in [0.25, 0.3) is 10.1 Å². The molecule has 0 radical (unpaired) electrons. The highest BCUT2D eigenvalue weighted by Gasteiger charge is 2.35. The molecule has 0 bridgehead atoms. The quantitative estimate of drug-likeness (QED) is 0.652. The molecule has 0 amide bonds. The first-order chi connectivity index (χ1) is 5.95. The van der Waals surface area contributed by atoms with E-state index >= 15 is 0 Å². The van der Waals surface area contributed by atoms with Crippen LogP contribution >= 0.6 is 0 Å². The van der Waals surface area contributed by atoms with Crippen LogP contribution in [-0.2, 0) is 10.1 Å². The summed E-state index contributed by atoms with van der Waals surface area (Å²) in [7, 11) is -2.04. The molecule has 1 rings (SSSR count). The minimum absolute atomic E-state index is 0.0691. The standard InChI is InChI=1S/C8H17NO3S/c1-6-3-4-7(9-2)5-8(6)13(10,11)12/h6-9H,3-5H2,1-2H3,(H,10,11,12). The van der Waals surface area contributed by atoms with E-state index in [4.69, 9.17) is 4.55 Å². The van der Waals surface area contributed by atoms with Crippen molar-refractivity contribution in [1.29, 1.82) is 0 Å². The van der Waals surface area contributed by atoms with Crippen LogP contribution in [0.1, 0.15) is 26.2 Å². The van der Waals surface area contributed by atoms with Gasteiger partial charge in [0.05, 0.1) is 5.25 Å². The first-order valence-electron chi connectivity index (χ1n) is 4.58. The average molecular weight is 207 g/mol. The molecule has 4 nitrogen and oxygen atoms in total. The molecule has 0 aromatic rings. The Morgan fingerprint density at radius 3 is 2.46 bits per heavy atom. The molecular weight excluding hydrogens is 190 g/mol. The van der Waals surface area contributed by atoms with Gasteiger partial charge in [-0.2, -0.15) is 8.42 Å². The molecule has 1 fully saturated rings. The summed E-state index contributed by atoms with van der Waals surface area (Å²) < 4.78 is 30.9. The van der Waals surface area contributed by atoms with E-state index in [1.807, 2.05) is 14.0 Å². The highest BCUT2D eigenvalue weighted by atomic mass is 32.2. The molecule has 0 aromatic carbocycles. The van der Waals surface area contributed by atoms with Crippen LogP contribution < -0.4 is 5.32 Å². The Labute approximate surface area is 79.5 Å². The highest BCUT2D eigenvalue weighted by Crippen LogP contribution is 2.28. The first kappa shape index (κ1) is 10.9. The highest BCUT2D eigenvalue weighted by molar-refractivity contribution is 7.86. The number of nitrogens with one attached hydrogen (secondary N) is 1. The summed E-state index contributed by atoms with van der Waals surface area (Å²) in [6.07, 6.45) is 2.37. The molecular formula is C8H17NO3S. The van der Waals surface area contributed by atoms with Crippen molar-refractivity contribution in [2.45, 2.75) is 37.5 Å². The van der Waals surface area contributed by atoms with Crippen LogP contribution in [0.25, 0.3) is 0 Å². The van der Waals surface area contributed by atoms with Crippen molar-refractivity contribution in [2.24, 2.45) is 5.92 Å². The molecule has 1 saturated carbocycles. The first-order valence-corrected chi connectivity index (χ1v) is 6.09. The Kier molecular flexibility index (Phi) is 3.32. The largest absolute Gasteiger partial charge is 0.317 e. The molecule has 1 aliphatic rings. The molecule has 0 aromatic heterocycles. The summed E-state index contributed by atoms with van der Waals surface area (Å²) in [5.74, 6) is 0.0691. The van der Waals surface area contributed by atoms with E-state index in [2.05, 4.69) is 5.32 Å². The maximum Gasteiger partial charge on any atom is 0.268 e. The zero-order valence-corrected chi connectivity index (χ0v) is 8.84. The Hall–Kier alpha value is -0.130. The van der Waals surface area contributed by atoms with Gasteiger partial charge in [0.15, 0.2) is 0 Å². The predicted octanol–water partition coefficient (Wildman–Crippen LogP) is 0.651. The van der Waals surface area contributed by atoms with Gasteiger partial charge in [0.1, 0.15) is 0 Å². The van der Waals surface area contributed by atoms with E-state index in [1.165, 1.54) is 0 Å². The van der Waals surface area contributed by atoms with Crippen LogP contribution in [-0.4, -0.2) is 31.3 Å². The van der Waals surface area contributed by atoms with Gasteiger partial charge in [0.2, 0.25) is 0 Å². The maximum atomic E-state index is 11.0. The predicted molar refractivity (Wildman–Crippen MR) is 51.2 cm³/mol. The lowest BCUT2D eigenvalue weighted by molar-refractivity contribution is 0.305. The second-order valence-electron chi connectivity index (χ2n) is 3.83. The second kappa shape index (κ2) is 3.94. The van der Waals surface area contributed by atoms with Crippen molar-refractivity contribution < 1.29 is 13.0 Å². The van der Waals surface area contributed by atoms with Gasteiger partial charge in [-0.1, -0.05) is 6.92 Å². The van der Waals surface area contributed by atoms with E-state index in [1.54, 1.807) is 0 Å². The summed E-state index contributed by atoms with van der Waals surface area (Å²) >= 11 is 0. The molecule has 13 heavy (non-hydrogen) atoms. The van der Waals surface area contributed by atoms with Gasteiger partial charge < -0.3 is 5.32 Å². The number of hydrogen-bond acceptors (Lipinski definition) is 3. The minimum atomic E-state index is -3.86. The summed E-state index contributed by atoms with van der Waals surface area (Å²) in [4.78, 5) is 0. The van der Waals surface area contributed by atoms with Crippen molar-refractivity contribution >= 4 is 10.1 Å². The third-order valence-corrected chi connectivity index (χ3v) is 4.34. The Morgan fingerprint density at radius 2 is 2.00 bits per heavy atom. The summed E-state index contributed by atoms with van der Waals surface area (Å²) in [5.41, 5.74) is 0. The van der Waals surface area contributed by atoms with Crippen molar-refractivity contribution in [3.8, 4) is 0 Å². The van der Waals surface area contributed by atoms with Gasteiger partial charge in [0, 0.05) is 6.04 Å². The van der Waals surface area contributed by atoms with E-state index in [9.17, 15) is 8.42 Å². The molecule has 0 spiro atoms.